The molecule has 1 heteroatoms. The molecule has 0 N–H and O–H groups in total. The summed E-state index contributed by atoms with van der Waals surface area (Å²) in [5.74, 6) is 0.897. The molecular weight excluding hydrogens is 194 g/mol. The summed E-state index contributed by atoms with van der Waals surface area (Å²) in [6.45, 7) is 12.8. The van der Waals surface area contributed by atoms with E-state index < -0.39 is 0 Å². The van der Waals surface area contributed by atoms with E-state index in [-0.39, 0.29) is 5.41 Å². The zero-order chi connectivity index (χ0) is 11.8. The second-order valence-electron chi connectivity index (χ2n) is 6.25. The number of benzene rings is 1. The molecule has 0 bridgehead atoms. The van der Waals surface area contributed by atoms with Crippen LogP contribution in [0.5, 0.6) is 0 Å². The number of nitrogens with zero attached hydrogens (tertiary/aromatic N) is 1. The molecule has 0 radical (unpaired) electrons. The van der Waals surface area contributed by atoms with Crippen LogP contribution in [0.4, 0.5) is 0 Å². The standard InChI is InChI=1S/C15H23N/c1-12-9-16(10-12)11-13-5-7-14(8-6-13)15(2,3)4/h5-8,12H,9-11H2,1-4H3. The van der Waals surface area contributed by atoms with Crippen molar-refractivity contribution in [2.24, 2.45) is 5.92 Å². The summed E-state index contributed by atoms with van der Waals surface area (Å²) >= 11 is 0. The number of hydrogen-bond acceptors (Lipinski definition) is 1. The highest BCUT2D eigenvalue weighted by molar-refractivity contribution is 5.27. The molecule has 0 saturated carbocycles. The van der Waals surface area contributed by atoms with Crippen LogP contribution in [0.3, 0.4) is 0 Å². The Kier molecular flexibility index (Phi) is 3.07. The van der Waals surface area contributed by atoms with Gasteiger partial charge in [-0.05, 0) is 22.5 Å². The fraction of sp³-hybridized carbons (Fsp3) is 0.600. The molecule has 0 spiro atoms. The Morgan fingerprint density at radius 2 is 1.69 bits per heavy atom. The Morgan fingerprint density at radius 3 is 2.12 bits per heavy atom. The first-order chi connectivity index (χ1) is 7.45. The van der Waals surface area contributed by atoms with Gasteiger partial charge in [0.1, 0.15) is 0 Å². The molecule has 88 valence electrons. The molecule has 1 aromatic rings. The topological polar surface area (TPSA) is 3.24 Å². The van der Waals surface area contributed by atoms with Crippen molar-refractivity contribution in [3.05, 3.63) is 35.4 Å². The first-order valence-corrected chi connectivity index (χ1v) is 6.27. The van der Waals surface area contributed by atoms with E-state index >= 15 is 0 Å². The molecule has 0 unspecified atom stereocenters. The van der Waals surface area contributed by atoms with Crippen molar-refractivity contribution in [2.45, 2.75) is 39.7 Å². The lowest BCUT2D eigenvalue weighted by atomic mass is 9.86. The fourth-order valence-corrected chi connectivity index (χ4v) is 2.33. The van der Waals surface area contributed by atoms with Gasteiger partial charge in [0.15, 0.2) is 0 Å². The van der Waals surface area contributed by atoms with Crippen LogP contribution in [0.2, 0.25) is 0 Å². The molecule has 1 fully saturated rings. The van der Waals surface area contributed by atoms with E-state index in [1.165, 1.54) is 24.2 Å². The molecule has 0 aliphatic carbocycles. The molecule has 1 aliphatic heterocycles. The Labute approximate surface area is 99.5 Å². The van der Waals surface area contributed by atoms with Gasteiger partial charge in [-0.25, -0.2) is 0 Å². The lowest BCUT2D eigenvalue weighted by Crippen LogP contribution is -2.44. The molecule has 1 aliphatic rings. The van der Waals surface area contributed by atoms with Crippen LogP contribution in [0.25, 0.3) is 0 Å². The van der Waals surface area contributed by atoms with Crippen molar-refractivity contribution in [2.75, 3.05) is 13.1 Å². The fourth-order valence-electron chi connectivity index (χ4n) is 2.33. The van der Waals surface area contributed by atoms with Crippen LogP contribution in [0, 0.1) is 5.92 Å². The van der Waals surface area contributed by atoms with E-state index in [1.54, 1.807) is 0 Å². The highest BCUT2D eigenvalue weighted by atomic mass is 15.2. The quantitative estimate of drug-likeness (QED) is 0.733. The molecule has 1 heterocycles. The minimum absolute atomic E-state index is 0.268. The molecule has 0 amide bonds. The molecule has 0 aromatic heterocycles. The zero-order valence-corrected chi connectivity index (χ0v) is 11.0. The van der Waals surface area contributed by atoms with E-state index in [4.69, 9.17) is 0 Å². The molecule has 0 atom stereocenters. The summed E-state index contributed by atoms with van der Waals surface area (Å²) in [5.41, 5.74) is 3.14. The largest absolute Gasteiger partial charge is 0.298 e. The predicted octanol–water partition coefficient (Wildman–Crippen LogP) is 3.44. The second kappa shape index (κ2) is 4.21. The molecule has 1 nitrogen and oxygen atoms in total. The van der Waals surface area contributed by atoms with Gasteiger partial charge in [0.05, 0.1) is 0 Å². The Balaban J connectivity index is 1.97. The highest BCUT2D eigenvalue weighted by Gasteiger charge is 2.22. The maximum atomic E-state index is 2.51. The lowest BCUT2D eigenvalue weighted by Gasteiger charge is -2.37. The van der Waals surface area contributed by atoms with Crippen LogP contribution < -0.4 is 0 Å². The number of rotatable bonds is 2. The van der Waals surface area contributed by atoms with Gasteiger partial charge >= 0.3 is 0 Å². The maximum absolute atomic E-state index is 2.51. The third-order valence-corrected chi connectivity index (χ3v) is 3.37. The van der Waals surface area contributed by atoms with Gasteiger partial charge in [0.2, 0.25) is 0 Å². The van der Waals surface area contributed by atoms with Gasteiger partial charge in [-0.1, -0.05) is 52.0 Å². The highest BCUT2D eigenvalue weighted by Crippen LogP contribution is 2.23. The van der Waals surface area contributed by atoms with Crippen molar-refractivity contribution in [1.29, 1.82) is 0 Å². The van der Waals surface area contributed by atoms with Crippen molar-refractivity contribution >= 4 is 0 Å². The van der Waals surface area contributed by atoms with E-state index in [0.717, 1.165) is 12.5 Å². The average Bonchev–Trinajstić information content (AvgIpc) is 2.15. The SMILES string of the molecule is CC1CN(Cc2ccc(C(C)(C)C)cc2)C1. The molecule has 1 aromatic carbocycles. The zero-order valence-electron chi connectivity index (χ0n) is 11.0. The van der Waals surface area contributed by atoms with Crippen LogP contribution in [-0.4, -0.2) is 18.0 Å². The average molecular weight is 217 g/mol. The predicted molar refractivity (Wildman–Crippen MR) is 69.6 cm³/mol. The summed E-state index contributed by atoms with van der Waals surface area (Å²) in [6, 6.07) is 9.12. The third kappa shape index (κ3) is 2.65. The van der Waals surface area contributed by atoms with Gasteiger partial charge in [-0.3, -0.25) is 4.90 Å². The van der Waals surface area contributed by atoms with Gasteiger partial charge in [-0.15, -0.1) is 0 Å². The van der Waals surface area contributed by atoms with E-state index in [0.29, 0.717) is 0 Å². The van der Waals surface area contributed by atoms with E-state index in [1.807, 2.05) is 0 Å². The summed E-state index contributed by atoms with van der Waals surface area (Å²) < 4.78 is 0. The van der Waals surface area contributed by atoms with E-state index in [2.05, 4.69) is 56.9 Å². The molecule has 16 heavy (non-hydrogen) atoms. The van der Waals surface area contributed by atoms with Crippen molar-refractivity contribution in [1.82, 2.24) is 4.90 Å². The molecule has 2 rings (SSSR count). The first kappa shape index (κ1) is 11.7. The Morgan fingerprint density at radius 1 is 1.12 bits per heavy atom. The first-order valence-electron chi connectivity index (χ1n) is 6.27. The summed E-state index contributed by atoms with van der Waals surface area (Å²) in [5, 5.41) is 0. The minimum Gasteiger partial charge on any atom is -0.298 e. The number of likely N-dealkylation sites (tertiary alicyclic amines) is 1. The monoisotopic (exact) mass is 217 g/mol. The van der Waals surface area contributed by atoms with Crippen molar-refractivity contribution in [3.8, 4) is 0 Å². The van der Waals surface area contributed by atoms with Gasteiger partial charge in [0, 0.05) is 19.6 Å². The molecule has 1 saturated heterocycles. The second-order valence-corrected chi connectivity index (χ2v) is 6.25. The number of hydrogen-bond donors (Lipinski definition) is 0. The smallest absolute Gasteiger partial charge is 0.0233 e. The van der Waals surface area contributed by atoms with Gasteiger partial charge in [0.25, 0.3) is 0 Å². The van der Waals surface area contributed by atoms with Crippen LogP contribution >= 0.6 is 0 Å². The van der Waals surface area contributed by atoms with Crippen molar-refractivity contribution < 1.29 is 0 Å². The minimum atomic E-state index is 0.268. The van der Waals surface area contributed by atoms with Gasteiger partial charge < -0.3 is 0 Å². The summed E-state index contributed by atoms with van der Waals surface area (Å²) in [6.07, 6.45) is 0. The Hall–Kier alpha value is -0.820. The third-order valence-electron chi connectivity index (χ3n) is 3.37. The summed E-state index contributed by atoms with van der Waals surface area (Å²) in [4.78, 5) is 2.51. The lowest BCUT2D eigenvalue weighted by molar-refractivity contribution is 0.105. The normalized spacial score (nSPS) is 18.5. The maximum Gasteiger partial charge on any atom is 0.0233 e. The van der Waals surface area contributed by atoms with Crippen LogP contribution in [0.15, 0.2) is 24.3 Å². The molecular formula is C15H23N. The van der Waals surface area contributed by atoms with Gasteiger partial charge in [-0.2, -0.15) is 0 Å². The van der Waals surface area contributed by atoms with Crippen LogP contribution in [0.1, 0.15) is 38.8 Å². The summed E-state index contributed by atoms with van der Waals surface area (Å²) in [7, 11) is 0. The Bertz CT molecular complexity index is 339. The van der Waals surface area contributed by atoms with Crippen LogP contribution in [-0.2, 0) is 12.0 Å². The van der Waals surface area contributed by atoms with E-state index in [9.17, 15) is 0 Å². The van der Waals surface area contributed by atoms with Crippen molar-refractivity contribution in [3.63, 3.8) is 0 Å².